The largest absolute Gasteiger partial charge is 0.396 e. The highest BCUT2D eigenvalue weighted by Crippen LogP contribution is 2.08. The average Bonchev–Trinajstić information content (AvgIpc) is 1.78. The molecule has 0 aliphatic rings. The Labute approximate surface area is 63.3 Å². The van der Waals surface area contributed by atoms with E-state index in [0.29, 0.717) is 6.61 Å². The molecular weight excluding hydrogens is 126 g/mol. The summed E-state index contributed by atoms with van der Waals surface area (Å²) in [7, 11) is 0. The molecule has 0 aromatic carbocycles. The summed E-state index contributed by atoms with van der Waals surface area (Å²) in [6.07, 6.45) is 2.84. The van der Waals surface area contributed by atoms with Crippen molar-refractivity contribution in [3.05, 3.63) is 0 Å². The highest BCUT2D eigenvalue weighted by atomic mass is 16.6. The predicted octanol–water partition coefficient (Wildman–Crippen LogP) is 2.44. The number of hydrogen-bond donors (Lipinski definition) is 0. The van der Waals surface area contributed by atoms with Gasteiger partial charge in [0.15, 0.2) is 0 Å². The number of nitrogens with zero attached hydrogens (tertiary/aromatic N) is 1. The second kappa shape index (κ2) is 4.31. The van der Waals surface area contributed by atoms with Crippen LogP contribution < -0.4 is 0 Å². The van der Waals surface area contributed by atoms with Crippen molar-refractivity contribution in [3.63, 3.8) is 0 Å². The molecule has 0 unspecified atom stereocenters. The van der Waals surface area contributed by atoms with Gasteiger partial charge in [-0.15, -0.1) is 0 Å². The Hall–Kier alpha value is -0.530. The van der Waals surface area contributed by atoms with Crippen LogP contribution in [-0.4, -0.2) is 12.8 Å². The molecule has 0 spiro atoms. The number of rotatable bonds is 3. The van der Waals surface area contributed by atoms with E-state index in [2.05, 4.69) is 32.9 Å². The standard InChI is InChI=1S/C8H17NO/c1-5-6-10-9-7-8(2,3)4/h7H,5-6H2,1-4H3. The van der Waals surface area contributed by atoms with Gasteiger partial charge in [0.1, 0.15) is 6.61 Å². The Morgan fingerprint density at radius 1 is 1.40 bits per heavy atom. The summed E-state index contributed by atoms with van der Waals surface area (Å²) >= 11 is 0. The molecule has 60 valence electrons. The lowest BCUT2D eigenvalue weighted by molar-refractivity contribution is 0.144. The van der Waals surface area contributed by atoms with Gasteiger partial charge >= 0.3 is 0 Å². The Balaban J connectivity index is 3.37. The van der Waals surface area contributed by atoms with Gasteiger partial charge in [-0.3, -0.25) is 0 Å². The fourth-order valence-corrected chi connectivity index (χ4v) is 0.339. The lowest BCUT2D eigenvalue weighted by Crippen LogP contribution is -2.06. The summed E-state index contributed by atoms with van der Waals surface area (Å²) in [6, 6.07) is 0. The molecule has 10 heavy (non-hydrogen) atoms. The van der Waals surface area contributed by atoms with Gasteiger partial charge in [0, 0.05) is 11.6 Å². The summed E-state index contributed by atoms with van der Waals surface area (Å²) in [6.45, 7) is 9.04. The normalized spacial score (nSPS) is 12.4. The van der Waals surface area contributed by atoms with Crippen molar-refractivity contribution in [1.82, 2.24) is 0 Å². The van der Waals surface area contributed by atoms with E-state index in [1.165, 1.54) is 0 Å². The first-order chi connectivity index (χ1) is 4.56. The van der Waals surface area contributed by atoms with Crippen LogP contribution in [0.4, 0.5) is 0 Å². The van der Waals surface area contributed by atoms with Gasteiger partial charge in [-0.05, 0) is 6.42 Å². The van der Waals surface area contributed by atoms with E-state index in [0.717, 1.165) is 6.42 Å². The summed E-state index contributed by atoms with van der Waals surface area (Å²) in [5.74, 6) is 0. The SMILES string of the molecule is CCCON=CC(C)(C)C. The molecule has 0 aromatic heterocycles. The van der Waals surface area contributed by atoms with E-state index in [-0.39, 0.29) is 5.41 Å². The molecule has 0 aliphatic heterocycles. The van der Waals surface area contributed by atoms with Gasteiger partial charge in [0.05, 0.1) is 0 Å². The third-order valence-electron chi connectivity index (χ3n) is 0.810. The van der Waals surface area contributed by atoms with Gasteiger partial charge in [0.25, 0.3) is 0 Å². The molecule has 0 radical (unpaired) electrons. The minimum absolute atomic E-state index is 0.133. The second-order valence-electron chi connectivity index (χ2n) is 3.43. The van der Waals surface area contributed by atoms with Gasteiger partial charge in [-0.1, -0.05) is 32.9 Å². The molecule has 2 nitrogen and oxygen atoms in total. The van der Waals surface area contributed by atoms with Crippen molar-refractivity contribution in [2.24, 2.45) is 10.6 Å². The van der Waals surface area contributed by atoms with E-state index in [9.17, 15) is 0 Å². The van der Waals surface area contributed by atoms with E-state index < -0.39 is 0 Å². The first-order valence-electron chi connectivity index (χ1n) is 3.73. The molecule has 0 fully saturated rings. The quantitative estimate of drug-likeness (QED) is 0.338. The molecule has 0 saturated carbocycles. The zero-order valence-electron chi connectivity index (χ0n) is 7.35. The highest BCUT2D eigenvalue weighted by molar-refractivity contribution is 5.63. The highest BCUT2D eigenvalue weighted by Gasteiger charge is 2.04. The Morgan fingerprint density at radius 2 is 2.00 bits per heavy atom. The third-order valence-corrected chi connectivity index (χ3v) is 0.810. The minimum atomic E-state index is 0.133. The molecular formula is C8H17NO. The maximum Gasteiger partial charge on any atom is 0.116 e. The molecule has 0 saturated heterocycles. The van der Waals surface area contributed by atoms with Crippen LogP contribution in [0.15, 0.2) is 5.16 Å². The molecule has 0 rings (SSSR count). The predicted molar refractivity (Wildman–Crippen MR) is 44.2 cm³/mol. The molecule has 0 aliphatic carbocycles. The maximum atomic E-state index is 4.93. The summed E-state index contributed by atoms with van der Waals surface area (Å²) < 4.78 is 0. The Morgan fingerprint density at radius 3 is 2.40 bits per heavy atom. The summed E-state index contributed by atoms with van der Waals surface area (Å²) in [5, 5.41) is 3.81. The van der Waals surface area contributed by atoms with Gasteiger partial charge in [-0.25, -0.2) is 0 Å². The smallest absolute Gasteiger partial charge is 0.116 e. The molecule has 0 amide bonds. The van der Waals surface area contributed by atoms with Crippen LogP contribution in [0.3, 0.4) is 0 Å². The van der Waals surface area contributed by atoms with Crippen LogP contribution in [0, 0.1) is 5.41 Å². The average molecular weight is 143 g/mol. The van der Waals surface area contributed by atoms with Crippen LogP contribution in [0.1, 0.15) is 34.1 Å². The van der Waals surface area contributed by atoms with Crippen molar-refractivity contribution in [2.75, 3.05) is 6.61 Å². The van der Waals surface area contributed by atoms with Crippen LogP contribution >= 0.6 is 0 Å². The zero-order chi connectivity index (χ0) is 8.04. The fourth-order valence-electron chi connectivity index (χ4n) is 0.339. The first kappa shape index (κ1) is 9.47. The molecule has 0 N–H and O–H groups in total. The molecule has 0 aromatic rings. The Kier molecular flexibility index (Phi) is 4.08. The molecule has 0 bridgehead atoms. The van der Waals surface area contributed by atoms with Crippen molar-refractivity contribution in [2.45, 2.75) is 34.1 Å². The van der Waals surface area contributed by atoms with Crippen LogP contribution in [-0.2, 0) is 4.84 Å². The summed E-state index contributed by atoms with van der Waals surface area (Å²) in [5.41, 5.74) is 0.133. The van der Waals surface area contributed by atoms with E-state index in [1.807, 2.05) is 6.21 Å². The van der Waals surface area contributed by atoms with Crippen LogP contribution in [0.2, 0.25) is 0 Å². The summed E-state index contributed by atoms with van der Waals surface area (Å²) in [4.78, 5) is 4.93. The van der Waals surface area contributed by atoms with E-state index in [4.69, 9.17) is 4.84 Å². The third kappa shape index (κ3) is 7.47. The van der Waals surface area contributed by atoms with Gasteiger partial charge in [0.2, 0.25) is 0 Å². The monoisotopic (exact) mass is 143 g/mol. The van der Waals surface area contributed by atoms with E-state index >= 15 is 0 Å². The zero-order valence-corrected chi connectivity index (χ0v) is 7.35. The lowest BCUT2D eigenvalue weighted by Gasteiger charge is -2.08. The molecule has 0 heterocycles. The number of oxime groups is 1. The van der Waals surface area contributed by atoms with Crippen LogP contribution in [0.25, 0.3) is 0 Å². The van der Waals surface area contributed by atoms with Crippen LogP contribution in [0.5, 0.6) is 0 Å². The second-order valence-corrected chi connectivity index (χ2v) is 3.43. The number of hydrogen-bond acceptors (Lipinski definition) is 2. The van der Waals surface area contributed by atoms with E-state index in [1.54, 1.807) is 0 Å². The molecule has 0 atom stereocenters. The Bertz CT molecular complexity index is 102. The maximum absolute atomic E-state index is 4.93. The van der Waals surface area contributed by atoms with Crippen molar-refractivity contribution < 1.29 is 4.84 Å². The fraction of sp³-hybridized carbons (Fsp3) is 0.875. The first-order valence-corrected chi connectivity index (χ1v) is 3.73. The molecule has 2 heteroatoms. The minimum Gasteiger partial charge on any atom is -0.396 e. The van der Waals surface area contributed by atoms with Crippen molar-refractivity contribution in [1.29, 1.82) is 0 Å². The van der Waals surface area contributed by atoms with Gasteiger partial charge in [-0.2, -0.15) is 0 Å². The van der Waals surface area contributed by atoms with Crippen molar-refractivity contribution >= 4 is 6.21 Å². The lowest BCUT2D eigenvalue weighted by atomic mass is 10.00. The van der Waals surface area contributed by atoms with Crippen molar-refractivity contribution in [3.8, 4) is 0 Å². The topological polar surface area (TPSA) is 21.6 Å². The van der Waals surface area contributed by atoms with Gasteiger partial charge < -0.3 is 4.84 Å².